The van der Waals surface area contributed by atoms with Crippen molar-refractivity contribution in [3.63, 3.8) is 0 Å². The molecule has 0 saturated heterocycles. The molecule has 1 N–H and O–H groups in total. The maximum atomic E-state index is 12.3. The number of rotatable bonds is 6. The zero-order valence-corrected chi connectivity index (χ0v) is 13.9. The Labute approximate surface area is 136 Å². The number of hydrogen-bond acceptors (Lipinski definition) is 3. The van der Waals surface area contributed by atoms with E-state index in [0.717, 1.165) is 34.7 Å². The van der Waals surface area contributed by atoms with E-state index in [-0.39, 0.29) is 12.5 Å². The highest BCUT2D eigenvalue weighted by molar-refractivity contribution is 6.01. The minimum atomic E-state index is -0.178. The normalized spacial score (nSPS) is 10.6. The summed E-state index contributed by atoms with van der Waals surface area (Å²) in [5, 5.41) is 13.8. The largest absolute Gasteiger partial charge is 0.392 e. The van der Waals surface area contributed by atoms with Gasteiger partial charge in [-0.1, -0.05) is 18.7 Å². The molecular weight excluding hydrogens is 290 g/mol. The first-order chi connectivity index (χ1) is 11.0. The zero-order chi connectivity index (χ0) is 17.0. The summed E-state index contributed by atoms with van der Waals surface area (Å²) in [6, 6.07) is 7.33. The van der Waals surface area contributed by atoms with E-state index in [1.54, 1.807) is 4.90 Å². The summed E-state index contributed by atoms with van der Waals surface area (Å²) in [5.74, 6) is -0.178. The highest BCUT2D eigenvalue weighted by Gasteiger charge is 2.19. The molecule has 23 heavy (non-hydrogen) atoms. The molecule has 0 unspecified atom stereocenters. The van der Waals surface area contributed by atoms with E-state index in [0.29, 0.717) is 6.54 Å². The molecule has 5 nitrogen and oxygen atoms in total. The van der Waals surface area contributed by atoms with Crippen LogP contribution in [0.15, 0.2) is 36.9 Å². The van der Waals surface area contributed by atoms with Crippen molar-refractivity contribution < 1.29 is 9.90 Å². The monoisotopic (exact) mass is 313 g/mol. The van der Waals surface area contributed by atoms with Gasteiger partial charge in [0.25, 0.3) is 5.91 Å². The molecule has 0 fully saturated rings. The number of benzene rings is 1. The second-order valence-corrected chi connectivity index (χ2v) is 5.42. The molecule has 0 atom stereocenters. The van der Waals surface area contributed by atoms with Gasteiger partial charge in [0.1, 0.15) is 0 Å². The smallest absolute Gasteiger partial charge is 0.250 e. The molecule has 2 rings (SSSR count). The van der Waals surface area contributed by atoms with Gasteiger partial charge in [-0.3, -0.25) is 9.48 Å². The fourth-order valence-corrected chi connectivity index (χ4v) is 2.66. The molecule has 0 aliphatic heterocycles. The Morgan fingerprint density at radius 2 is 2.17 bits per heavy atom. The van der Waals surface area contributed by atoms with Gasteiger partial charge in [-0.15, -0.1) is 0 Å². The van der Waals surface area contributed by atoms with Crippen molar-refractivity contribution in [3.8, 4) is 0 Å². The maximum absolute atomic E-state index is 12.3. The molecule has 1 aromatic heterocycles. The van der Waals surface area contributed by atoms with Crippen molar-refractivity contribution in [1.29, 1.82) is 0 Å². The molecule has 0 bridgehead atoms. The predicted molar refractivity (Wildman–Crippen MR) is 91.1 cm³/mol. The van der Waals surface area contributed by atoms with Gasteiger partial charge >= 0.3 is 0 Å². The Balaban J connectivity index is 2.42. The molecule has 0 saturated carbocycles. The summed E-state index contributed by atoms with van der Waals surface area (Å²) in [6.07, 6.45) is 1.31. The van der Waals surface area contributed by atoms with Crippen LogP contribution in [-0.2, 0) is 24.5 Å². The van der Waals surface area contributed by atoms with Crippen molar-refractivity contribution in [3.05, 3.63) is 59.4 Å². The van der Waals surface area contributed by atoms with E-state index in [4.69, 9.17) is 0 Å². The van der Waals surface area contributed by atoms with E-state index in [2.05, 4.69) is 11.7 Å². The van der Waals surface area contributed by atoms with E-state index < -0.39 is 0 Å². The van der Waals surface area contributed by atoms with Gasteiger partial charge < -0.3 is 10.0 Å². The van der Waals surface area contributed by atoms with Gasteiger partial charge in [0, 0.05) is 23.5 Å². The van der Waals surface area contributed by atoms with E-state index in [1.807, 2.05) is 49.7 Å². The first kappa shape index (κ1) is 17.0. The third-order valence-corrected chi connectivity index (χ3v) is 3.99. The molecule has 2 aromatic rings. The third kappa shape index (κ3) is 3.51. The Morgan fingerprint density at radius 3 is 2.74 bits per heavy atom. The summed E-state index contributed by atoms with van der Waals surface area (Å²) in [4.78, 5) is 14.0. The molecule has 5 heteroatoms. The van der Waals surface area contributed by atoms with Crippen molar-refractivity contribution >= 4 is 11.6 Å². The van der Waals surface area contributed by atoms with Crippen LogP contribution in [0.4, 0.5) is 5.69 Å². The van der Waals surface area contributed by atoms with Crippen LogP contribution in [0.5, 0.6) is 0 Å². The van der Waals surface area contributed by atoms with Crippen LogP contribution in [0.1, 0.15) is 29.4 Å². The number of aliphatic hydroxyl groups excluding tert-OH is 1. The summed E-state index contributed by atoms with van der Waals surface area (Å²) in [7, 11) is 0. The third-order valence-electron chi connectivity index (χ3n) is 3.99. The van der Waals surface area contributed by atoms with E-state index in [9.17, 15) is 9.90 Å². The van der Waals surface area contributed by atoms with Crippen molar-refractivity contribution in [2.24, 2.45) is 0 Å². The zero-order valence-electron chi connectivity index (χ0n) is 13.9. The molecule has 1 heterocycles. The summed E-state index contributed by atoms with van der Waals surface area (Å²) < 4.78 is 1.94. The van der Waals surface area contributed by atoms with Gasteiger partial charge in [0.05, 0.1) is 18.8 Å². The highest BCUT2D eigenvalue weighted by atomic mass is 16.3. The first-order valence-electron chi connectivity index (χ1n) is 7.68. The van der Waals surface area contributed by atoms with Crippen molar-refractivity contribution in [2.75, 3.05) is 4.90 Å². The lowest BCUT2D eigenvalue weighted by molar-refractivity contribution is -0.114. The van der Waals surface area contributed by atoms with Crippen molar-refractivity contribution in [2.45, 2.75) is 40.5 Å². The number of aryl methyl sites for hydroxylation is 2. The van der Waals surface area contributed by atoms with Gasteiger partial charge in [-0.25, -0.2) is 0 Å². The second-order valence-electron chi connectivity index (χ2n) is 5.42. The molecular formula is C18H23N3O2. The molecule has 1 amide bonds. The van der Waals surface area contributed by atoms with Crippen LogP contribution in [0, 0.1) is 13.8 Å². The fraction of sp³-hybridized carbons (Fsp3) is 0.333. The van der Waals surface area contributed by atoms with E-state index >= 15 is 0 Å². The quantitative estimate of drug-likeness (QED) is 0.834. The Bertz CT molecular complexity index is 719. The minimum absolute atomic E-state index is 0.0597. The standard InChI is InChI=1S/C18H23N3O2/c1-5-18(23)20(16-9-7-8-15(10-16)12-22)11-17-13(3)19-21(6-2)14(17)4/h5,7-10,22H,1,6,11-12H2,2-4H3. The van der Waals surface area contributed by atoms with Crippen LogP contribution >= 0.6 is 0 Å². The fourth-order valence-electron chi connectivity index (χ4n) is 2.66. The van der Waals surface area contributed by atoms with Crippen LogP contribution in [0.2, 0.25) is 0 Å². The molecule has 0 aliphatic rings. The lowest BCUT2D eigenvalue weighted by Gasteiger charge is -2.22. The number of amides is 1. The second kappa shape index (κ2) is 7.24. The summed E-state index contributed by atoms with van der Waals surface area (Å²) >= 11 is 0. The van der Waals surface area contributed by atoms with Crippen LogP contribution < -0.4 is 4.90 Å². The molecule has 1 aromatic carbocycles. The minimum Gasteiger partial charge on any atom is -0.392 e. The van der Waals surface area contributed by atoms with Gasteiger partial charge in [0.15, 0.2) is 0 Å². The highest BCUT2D eigenvalue weighted by Crippen LogP contribution is 2.23. The maximum Gasteiger partial charge on any atom is 0.250 e. The van der Waals surface area contributed by atoms with Crippen LogP contribution in [0.25, 0.3) is 0 Å². The first-order valence-corrected chi connectivity index (χ1v) is 7.68. The number of aliphatic hydroxyl groups is 1. The number of nitrogens with zero attached hydrogens (tertiary/aromatic N) is 3. The average molecular weight is 313 g/mol. The summed E-state index contributed by atoms with van der Waals surface area (Å²) in [6.45, 7) is 10.8. The van der Waals surface area contributed by atoms with Gasteiger partial charge in [0.2, 0.25) is 0 Å². The SMILES string of the molecule is C=CC(=O)N(Cc1c(C)nn(CC)c1C)c1cccc(CO)c1. The molecule has 0 radical (unpaired) electrons. The van der Waals surface area contributed by atoms with Gasteiger partial charge in [-0.2, -0.15) is 5.10 Å². The van der Waals surface area contributed by atoms with Gasteiger partial charge in [-0.05, 0) is 44.5 Å². The predicted octanol–water partition coefficient (Wildman–Crippen LogP) is 2.73. The van der Waals surface area contributed by atoms with Crippen LogP contribution in [-0.4, -0.2) is 20.8 Å². The lowest BCUT2D eigenvalue weighted by Crippen LogP contribution is -2.29. The molecule has 0 aliphatic carbocycles. The Morgan fingerprint density at radius 1 is 1.43 bits per heavy atom. The molecule has 0 spiro atoms. The number of carbonyl (C=O) groups excluding carboxylic acids is 1. The number of aromatic nitrogens is 2. The Hall–Kier alpha value is -2.40. The topological polar surface area (TPSA) is 58.4 Å². The average Bonchev–Trinajstić information content (AvgIpc) is 2.85. The van der Waals surface area contributed by atoms with E-state index in [1.165, 1.54) is 6.08 Å². The van der Waals surface area contributed by atoms with Crippen molar-refractivity contribution in [1.82, 2.24) is 9.78 Å². The summed E-state index contributed by atoms with van der Waals surface area (Å²) in [5.41, 5.74) is 4.53. The number of hydrogen-bond donors (Lipinski definition) is 1. The number of carbonyl (C=O) groups is 1. The lowest BCUT2D eigenvalue weighted by atomic mass is 10.1. The Kier molecular flexibility index (Phi) is 5.34. The molecule has 122 valence electrons. The number of anilines is 1. The van der Waals surface area contributed by atoms with Crippen LogP contribution in [0.3, 0.4) is 0 Å².